The number of aryl methyl sites for hydroxylation is 1. The van der Waals surface area contributed by atoms with E-state index in [1.807, 2.05) is 6.07 Å². The number of methoxy groups -OCH3 is 1. The van der Waals surface area contributed by atoms with Gasteiger partial charge in [0.1, 0.15) is 17.3 Å². The Hall–Kier alpha value is -3.08. The Morgan fingerprint density at radius 2 is 2.00 bits per heavy atom. The van der Waals surface area contributed by atoms with E-state index < -0.39 is 11.7 Å². The van der Waals surface area contributed by atoms with Crippen LogP contribution in [0.3, 0.4) is 0 Å². The largest absolute Gasteiger partial charge is 0.496 e. The average Bonchev–Trinajstić information content (AvgIpc) is 2.94. The Kier molecular flexibility index (Phi) is 3.64. The molecular formula is C16H11F3N4O. The molecule has 0 fully saturated rings. The summed E-state index contributed by atoms with van der Waals surface area (Å²) in [7, 11) is 2.91. The van der Waals surface area contributed by atoms with E-state index in [0.717, 1.165) is 6.07 Å². The van der Waals surface area contributed by atoms with E-state index in [0.29, 0.717) is 11.0 Å². The SMILES string of the molecule is COc1ccc(-c2cc3c(ncn3C)c(C#N)n2)cc1C(F)(F)F. The molecule has 3 aromatic rings. The summed E-state index contributed by atoms with van der Waals surface area (Å²) in [4.78, 5) is 8.22. The molecule has 8 heteroatoms. The molecule has 24 heavy (non-hydrogen) atoms. The Morgan fingerprint density at radius 3 is 2.62 bits per heavy atom. The van der Waals surface area contributed by atoms with Crippen molar-refractivity contribution in [1.82, 2.24) is 14.5 Å². The second-order valence-corrected chi connectivity index (χ2v) is 5.10. The van der Waals surface area contributed by atoms with Crippen molar-refractivity contribution < 1.29 is 17.9 Å². The number of nitriles is 1. The van der Waals surface area contributed by atoms with Crippen molar-refractivity contribution in [3.05, 3.63) is 41.9 Å². The first-order valence-corrected chi connectivity index (χ1v) is 6.83. The van der Waals surface area contributed by atoms with Crippen LogP contribution in [0.25, 0.3) is 22.3 Å². The lowest BCUT2D eigenvalue weighted by molar-refractivity contribution is -0.138. The fourth-order valence-corrected chi connectivity index (χ4v) is 2.44. The highest BCUT2D eigenvalue weighted by atomic mass is 19.4. The van der Waals surface area contributed by atoms with E-state index in [-0.39, 0.29) is 22.7 Å². The minimum atomic E-state index is -4.56. The summed E-state index contributed by atoms with van der Waals surface area (Å²) >= 11 is 0. The summed E-state index contributed by atoms with van der Waals surface area (Å²) in [5, 5.41) is 9.22. The van der Waals surface area contributed by atoms with Gasteiger partial charge in [0, 0.05) is 12.6 Å². The van der Waals surface area contributed by atoms with Crippen molar-refractivity contribution in [1.29, 1.82) is 5.26 Å². The number of fused-ring (bicyclic) bond motifs is 1. The maximum Gasteiger partial charge on any atom is 0.419 e. The first kappa shape index (κ1) is 15.8. The number of nitrogens with zero attached hydrogens (tertiary/aromatic N) is 4. The van der Waals surface area contributed by atoms with Crippen molar-refractivity contribution in [2.75, 3.05) is 7.11 Å². The van der Waals surface area contributed by atoms with Crippen LogP contribution in [-0.2, 0) is 13.2 Å². The van der Waals surface area contributed by atoms with E-state index in [1.165, 1.54) is 25.6 Å². The summed E-state index contributed by atoms with van der Waals surface area (Å²) in [6.45, 7) is 0. The zero-order chi connectivity index (χ0) is 17.5. The first-order chi connectivity index (χ1) is 11.3. The second-order valence-electron chi connectivity index (χ2n) is 5.10. The molecule has 0 aliphatic heterocycles. The van der Waals surface area contributed by atoms with Crippen LogP contribution < -0.4 is 4.74 Å². The van der Waals surface area contributed by atoms with Gasteiger partial charge in [0.15, 0.2) is 5.69 Å². The van der Waals surface area contributed by atoms with E-state index in [2.05, 4.69) is 9.97 Å². The molecular weight excluding hydrogens is 321 g/mol. The van der Waals surface area contributed by atoms with Crippen LogP contribution in [0.5, 0.6) is 5.75 Å². The van der Waals surface area contributed by atoms with Crippen LogP contribution >= 0.6 is 0 Å². The summed E-state index contributed by atoms with van der Waals surface area (Å²) in [5.41, 5.74) is 0.688. The van der Waals surface area contributed by atoms with Crippen LogP contribution in [0.2, 0.25) is 0 Å². The second kappa shape index (κ2) is 5.53. The van der Waals surface area contributed by atoms with Gasteiger partial charge in [0.25, 0.3) is 0 Å². The van der Waals surface area contributed by atoms with Gasteiger partial charge in [-0.15, -0.1) is 0 Å². The number of hydrogen-bond acceptors (Lipinski definition) is 4. The van der Waals surface area contributed by atoms with Crippen LogP contribution in [0.1, 0.15) is 11.3 Å². The normalized spacial score (nSPS) is 11.5. The van der Waals surface area contributed by atoms with Crippen molar-refractivity contribution in [2.24, 2.45) is 7.05 Å². The summed E-state index contributed by atoms with van der Waals surface area (Å²) in [5.74, 6) is -0.270. The Balaban J connectivity index is 2.24. The standard InChI is InChI=1S/C16H11F3N4O/c1-23-8-21-15-12(7-20)22-11(6-13(15)23)9-3-4-14(24-2)10(5-9)16(17,18)19/h3-6,8H,1-2H3. The maximum absolute atomic E-state index is 13.2. The van der Waals surface area contributed by atoms with Crippen molar-refractivity contribution in [3.63, 3.8) is 0 Å². The Labute approximate surface area is 134 Å². The molecule has 0 aliphatic carbocycles. The molecule has 0 amide bonds. The molecule has 5 nitrogen and oxygen atoms in total. The smallest absolute Gasteiger partial charge is 0.419 e. The molecule has 3 rings (SSSR count). The molecule has 2 aromatic heterocycles. The highest BCUT2D eigenvalue weighted by Gasteiger charge is 2.34. The Morgan fingerprint density at radius 1 is 1.25 bits per heavy atom. The van der Waals surface area contributed by atoms with Crippen LogP contribution in [0.4, 0.5) is 13.2 Å². The molecule has 0 saturated heterocycles. The molecule has 0 atom stereocenters. The molecule has 0 N–H and O–H groups in total. The molecule has 122 valence electrons. The van der Waals surface area contributed by atoms with Crippen molar-refractivity contribution in [3.8, 4) is 23.1 Å². The topological polar surface area (TPSA) is 63.7 Å². The molecule has 0 unspecified atom stereocenters. The quantitative estimate of drug-likeness (QED) is 0.720. The number of ether oxygens (including phenoxy) is 1. The lowest BCUT2D eigenvalue weighted by Gasteiger charge is -2.13. The summed E-state index contributed by atoms with van der Waals surface area (Å²) < 4.78 is 46.0. The number of imidazole rings is 1. The minimum absolute atomic E-state index is 0.0625. The van der Waals surface area contributed by atoms with Gasteiger partial charge in [-0.3, -0.25) is 0 Å². The van der Waals surface area contributed by atoms with Crippen molar-refractivity contribution >= 4 is 11.0 Å². The van der Waals surface area contributed by atoms with Gasteiger partial charge in [-0.25, -0.2) is 9.97 Å². The van der Waals surface area contributed by atoms with E-state index >= 15 is 0 Å². The van der Waals surface area contributed by atoms with Gasteiger partial charge in [-0.05, 0) is 24.3 Å². The number of hydrogen-bond donors (Lipinski definition) is 0. The third-order valence-corrected chi connectivity index (χ3v) is 3.62. The van der Waals surface area contributed by atoms with Gasteiger partial charge in [0.05, 0.1) is 30.2 Å². The minimum Gasteiger partial charge on any atom is -0.496 e. The van der Waals surface area contributed by atoms with Gasteiger partial charge in [0.2, 0.25) is 0 Å². The monoisotopic (exact) mass is 332 g/mol. The molecule has 0 bridgehead atoms. The number of halogens is 3. The number of benzene rings is 1. The molecule has 0 aliphatic rings. The highest BCUT2D eigenvalue weighted by molar-refractivity contribution is 5.84. The zero-order valence-corrected chi connectivity index (χ0v) is 12.7. The predicted octanol–water partition coefficient (Wildman–Crippen LogP) is 3.53. The zero-order valence-electron chi connectivity index (χ0n) is 12.7. The summed E-state index contributed by atoms with van der Waals surface area (Å²) in [6, 6.07) is 7.20. The van der Waals surface area contributed by atoms with Gasteiger partial charge >= 0.3 is 6.18 Å². The number of rotatable bonds is 2. The first-order valence-electron chi connectivity index (χ1n) is 6.83. The number of pyridine rings is 1. The summed E-state index contributed by atoms with van der Waals surface area (Å²) in [6.07, 6.45) is -3.04. The molecule has 0 radical (unpaired) electrons. The lowest BCUT2D eigenvalue weighted by Crippen LogP contribution is -2.07. The third kappa shape index (κ3) is 2.54. The van der Waals surface area contributed by atoms with E-state index in [1.54, 1.807) is 17.7 Å². The predicted molar refractivity (Wildman–Crippen MR) is 80.2 cm³/mol. The fourth-order valence-electron chi connectivity index (χ4n) is 2.44. The molecule has 2 heterocycles. The number of alkyl halides is 3. The van der Waals surface area contributed by atoms with Gasteiger partial charge < -0.3 is 9.30 Å². The van der Waals surface area contributed by atoms with Crippen LogP contribution in [0, 0.1) is 11.3 Å². The average molecular weight is 332 g/mol. The van der Waals surface area contributed by atoms with Crippen LogP contribution in [-0.4, -0.2) is 21.6 Å². The fraction of sp³-hybridized carbons (Fsp3) is 0.188. The van der Waals surface area contributed by atoms with Gasteiger partial charge in [-0.1, -0.05) is 0 Å². The van der Waals surface area contributed by atoms with Gasteiger partial charge in [-0.2, -0.15) is 18.4 Å². The van der Waals surface area contributed by atoms with E-state index in [4.69, 9.17) is 4.74 Å². The van der Waals surface area contributed by atoms with E-state index in [9.17, 15) is 18.4 Å². The number of aromatic nitrogens is 3. The maximum atomic E-state index is 13.2. The molecule has 0 saturated carbocycles. The highest BCUT2D eigenvalue weighted by Crippen LogP contribution is 2.38. The molecule has 1 aromatic carbocycles. The third-order valence-electron chi connectivity index (χ3n) is 3.62. The van der Waals surface area contributed by atoms with Crippen molar-refractivity contribution in [2.45, 2.75) is 6.18 Å². The lowest BCUT2D eigenvalue weighted by atomic mass is 10.1. The molecule has 0 spiro atoms. The Bertz CT molecular complexity index is 970. The van der Waals surface area contributed by atoms with Crippen LogP contribution in [0.15, 0.2) is 30.6 Å².